The van der Waals surface area contributed by atoms with E-state index in [-0.39, 0.29) is 37.0 Å². The first kappa shape index (κ1) is 89.2. The van der Waals surface area contributed by atoms with Crippen LogP contribution in [0.4, 0.5) is 0 Å². The number of methoxy groups -OCH3 is 4. The summed E-state index contributed by atoms with van der Waals surface area (Å²) in [5.41, 5.74) is 15.0. The van der Waals surface area contributed by atoms with Gasteiger partial charge in [-0.05, 0) is 227 Å². The van der Waals surface area contributed by atoms with Crippen molar-refractivity contribution >= 4 is 115 Å². The highest BCUT2D eigenvalue weighted by molar-refractivity contribution is 6.13. The quantitative estimate of drug-likeness (QED) is 0.0991. The van der Waals surface area contributed by atoms with Gasteiger partial charge in [0.25, 0.3) is 0 Å². The lowest BCUT2D eigenvalue weighted by molar-refractivity contribution is -0.118. The number of benzene rings is 13. The summed E-state index contributed by atoms with van der Waals surface area (Å²) in [6, 6.07) is 73.2. The summed E-state index contributed by atoms with van der Waals surface area (Å²) in [6.07, 6.45) is 11.6. The minimum Gasteiger partial charge on any atom is -0.507 e. The number of hydrogen-bond donors (Lipinski definition) is 3. The molecule has 0 fully saturated rings. The molecule has 634 valence electrons. The molecule has 17 heteroatoms. The van der Waals surface area contributed by atoms with Gasteiger partial charge in [0.05, 0.1) is 68.6 Å². The van der Waals surface area contributed by atoms with Crippen LogP contribution in [0.25, 0.3) is 103 Å². The van der Waals surface area contributed by atoms with Crippen LogP contribution in [-0.2, 0) is 29.7 Å². The molecule has 1 atom stereocenters. The summed E-state index contributed by atoms with van der Waals surface area (Å²) < 4.78 is 48.2. The average Bonchev–Trinajstić information content (AvgIpc) is 1.08. The SMILES string of the molecule is C.CC(=O)COc1cc(=O)oc2c1ccc1c(C)cccc12.COc1cccc2c(C)cccc12.COc1cccc2c1CCC=C2C.COc1cccc2c1CCCC2(C)O.COc1cccc2c1CCCC2=O.Cc1cccc2c(O)cccc12.Cc1cccc2c1ccc1c(O)cc(=O)oc12.Cc1cccc2c1ccc1c3occ(C)c3c(=O)oc21. The lowest BCUT2D eigenvalue weighted by Crippen LogP contribution is -2.27. The van der Waals surface area contributed by atoms with Gasteiger partial charge in [-0.1, -0.05) is 183 Å². The summed E-state index contributed by atoms with van der Waals surface area (Å²) in [5.74, 6) is 4.57. The van der Waals surface area contributed by atoms with Crippen LogP contribution in [0.2, 0.25) is 0 Å². The van der Waals surface area contributed by atoms with Gasteiger partial charge in [-0.25, -0.2) is 14.4 Å². The second-order valence-corrected chi connectivity index (χ2v) is 31.1. The predicted octanol–water partition coefficient (Wildman–Crippen LogP) is 24.6. The number of carbonyl (C=O) groups is 2. The fraction of sp³-hybridized carbons (Fsp3) is 0.224. The number of ether oxygens (including phenoxy) is 5. The third-order valence-electron chi connectivity index (χ3n) is 22.8. The van der Waals surface area contributed by atoms with Crippen molar-refractivity contribution < 1.29 is 66.3 Å². The van der Waals surface area contributed by atoms with E-state index in [2.05, 4.69) is 56.3 Å². The Morgan fingerprint density at radius 1 is 0.395 bits per heavy atom. The Labute approximate surface area is 719 Å². The molecule has 20 rings (SSSR count). The van der Waals surface area contributed by atoms with E-state index in [4.69, 9.17) is 41.4 Å². The molecule has 0 spiro atoms. The standard InChI is InChI=1S/C17H14O4.C17H12O3.C14H10O3.C12H16O2.C12H14O.C12H12O.C11H12O2.C11H10O.CH4/c1-10-4-3-5-13-12(10)6-7-14-15(20-9-11(2)18)8-16(19)21-17(13)14;1-9-4-3-5-12-11(9)6-7-13-15(12)20-17(18)14-10(2)8-19-16(13)14;1-8-3-2-4-10-9(8)5-6-11-12(15)7-13(16)17-14(10)11;1-12(13)8-4-5-9-10(12)6-3-7-11(9)14-2;2*1-9-5-3-7-11-10(9)6-4-8-12(11)13-2;1-13-11-7-3-4-8-9(11)5-2-6-10(8)12;1-8-4-2-6-10-9(8)5-3-7-11(10)12;/h3-8H,9H2,1-2H3;3-8H,1-2H3;2-7,15H,1H3;3,6-7,13H,4-5,8H2,1-2H3;4-6,8H,3,7H2,1-2H3;3-8H,1-2H3;3-4,7H,2,5-6H2,1H3;2-7,12H,1H3;1H4. The van der Waals surface area contributed by atoms with Crippen LogP contribution in [0.3, 0.4) is 0 Å². The summed E-state index contributed by atoms with van der Waals surface area (Å²) in [6.45, 7) is 17.5. The molecule has 3 aliphatic carbocycles. The van der Waals surface area contributed by atoms with Crippen molar-refractivity contribution in [2.45, 2.75) is 127 Å². The zero-order valence-electron chi connectivity index (χ0n) is 71.5. The highest BCUT2D eigenvalue weighted by Crippen LogP contribution is 2.41. The molecule has 3 N–H and O–H groups in total. The molecule has 0 amide bonds. The van der Waals surface area contributed by atoms with Crippen LogP contribution in [0.1, 0.15) is 132 Å². The Morgan fingerprint density at radius 2 is 0.823 bits per heavy atom. The Bertz CT molecular complexity index is 7000. The van der Waals surface area contributed by atoms with E-state index in [9.17, 15) is 39.3 Å². The largest absolute Gasteiger partial charge is 0.507 e. The van der Waals surface area contributed by atoms with Crippen LogP contribution in [0.15, 0.2) is 275 Å². The normalized spacial score (nSPS) is 13.4. The van der Waals surface area contributed by atoms with Crippen molar-refractivity contribution in [3.05, 3.63) is 341 Å². The van der Waals surface area contributed by atoms with E-state index < -0.39 is 16.9 Å². The van der Waals surface area contributed by atoms with Crippen LogP contribution in [0.5, 0.6) is 40.2 Å². The summed E-state index contributed by atoms with van der Waals surface area (Å²) in [7, 11) is 6.77. The third kappa shape index (κ3) is 19.5. The van der Waals surface area contributed by atoms with Gasteiger partial charge in [-0.15, -0.1) is 0 Å². The highest BCUT2D eigenvalue weighted by atomic mass is 16.5. The van der Waals surface area contributed by atoms with E-state index in [1.807, 2.05) is 211 Å². The molecule has 17 aromatic rings. The predicted molar refractivity (Wildman–Crippen MR) is 500 cm³/mol. The molecule has 0 radical (unpaired) electrons. The number of fused-ring (bicyclic) bond motifs is 16. The topological polar surface area (TPSA) is 245 Å². The lowest BCUT2D eigenvalue weighted by Gasteiger charge is -2.31. The smallest absolute Gasteiger partial charge is 0.347 e. The number of hydrogen-bond acceptors (Lipinski definition) is 17. The van der Waals surface area contributed by atoms with Crippen molar-refractivity contribution in [1.29, 1.82) is 0 Å². The minimum absolute atomic E-state index is 0. The molecular formula is C107H104O17. The van der Waals surface area contributed by atoms with E-state index in [1.54, 1.807) is 46.8 Å². The van der Waals surface area contributed by atoms with Gasteiger partial charge in [-0.3, -0.25) is 9.59 Å². The molecule has 13 aromatic carbocycles. The molecule has 0 saturated heterocycles. The zero-order valence-corrected chi connectivity index (χ0v) is 71.5. The van der Waals surface area contributed by atoms with E-state index in [0.717, 1.165) is 161 Å². The van der Waals surface area contributed by atoms with Gasteiger partial charge < -0.3 is 56.7 Å². The van der Waals surface area contributed by atoms with Gasteiger partial charge in [0.15, 0.2) is 17.1 Å². The number of Topliss-reactive ketones (excluding diaryl/α,β-unsaturated/α-hetero) is 2. The number of phenolic OH excluding ortho intramolecular Hbond substituents is 1. The summed E-state index contributed by atoms with van der Waals surface area (Å²) in [5, 5.41) is 42.3. The van der Waals surface area contributed by atoms with Crippen molar-refractivity contribution in [3.8, 4) is 40.2 Å². The van der Waals surface area contributed by atoms with Crippen LogP contribution >= 0.6 is 0 Å². The lowest BCUT2D eigenvalue weighted by atomic mass is 9.80. The molecule has 124 heavy (non-hydrogen) atoms. The van der Waals surface area contributed by atoms with Gasteiger partial charge in [0.1, 0.15) is 69.0 Å². The molecular weight excluding hydrogens is 1560 g/mol. The maximum absolute atomic E-state index is 12.2. The van der Waals surface area contributed by atoms with Crippen LogP contribution < -0.4 is 40.6 Å². The van der Waals surface area contributed by atoms with E-state index in [1.165, 1.54) is 57.2 Å². The van der Waals surface area contributed by atoms with Gasteiger partial charge in [0, 0.05) is 61.2 Å². The second kappa shape index (κ2) is 39.7. The summed E-state index contributed by atoms with van der Waals surface area (Å²) in [4.78, 5) is 57.8. The maximum Gasteiger partial charge on any atom is 0.347 e. The van der Waals surface area contributed by atoms with Crippen molar-refractivity contribution in [2.75, 3.05) is 35.0 Å². The number of aliphatic hydroxyl groups is 1. The molecule has 17 nitrogen and oxygen atoms in total. The Balaban J connectivity index is 0.000000130. The van der Waals surface area contributed by atoms with E-state index >= 15 is 0 Å². The fourth-order valence-corrected chi connectivity index (χ4v) is 16.4. The first-order valence-corrected chi connectivity index (χ1v) is 41.0. The number of allylic oxidation sites excluding steroid dienone is 2. The molecule has 0 bridgehead atoms. The number of phenols is 1. The molecule has 0 aliphatic heterocycles. The van der Waals surface area contributed by atoms with Crippen molar-refractivity contribution in [1.82, 2.24) is 0 Å². The van der Waals surface area contributed by atoms with Gasteiger partial charge in [-0.2, -0.15) is 0 Å². The molecule has 4 aromatic heterocycles. The number of furan rings is 1. The number of carbonyl (C=O) groups excluding carboxylic acids is 2. The van der Waals surface area contributed by atoms with Gasteiger partial charge in [0.2, 0.25) is 0 Å². The number of rotatable bonds is 7. The van der Waals surface area contributed by atoms with Gasteiger partial charge >= 0.3 is 16.9 Å². The Kier molecular flexibility index (Phi) is 28.5. The average molecular weight is 1660 g/mol. The van der Waals surface area contributed by atoms with Crippen molar-refractivity contribution in [2.24, 2.45) is 0 Å². The first-order chi connectivity index (χ1) is 59.3. The highest BCUT2D eigenvalue weighted by Gasteiger charge is 2.31. The zero-order chi connectivity index (χ0) is 87.3. The first-order valence-electron chi connectivity index (χ1n) is 41.0. The Hall–Kier alpha value is -14.0. The van der Waals surface area contributed by atoms with Crippen molar-refractivity contribution in [3.63, 3.8) is 0 Å². The minimum atomic E-state index is -0.678. The number of ketones is 2. The van der Waals surface area contributed by atoms with E-state index in [0.29, 0.717) is 56.4 Å². The maximum atomic E-state index is 12.2. The third-order valence-corrected chi connectivity index (χ3v) is 22.8. The molecule has 1 unspecified atom stereocenters. The number of aromatic hydroxyl groups is 2. The number of aryl methyl sites for hydroxylation is 6. The fourth-order valence-electron chi connectivity index (χ4n) is 16.4. The second-order valence-electron chi connectivity index (χ2n) is 31.1. The molecule has 3 aliphatic rings. The van der Waals surface area contributed by atoms with Crippen LogP contribution in [0, 0.1) is 41.5 Å². The monoisotopic (exact) mass is 1660 g/mol. The Morgan fingerprint density at radius 3 is 1.39 bits per heavy atom. The van der Waals surface area contributed by atoms with Crippen LogP contribution in [-0.4, -0.2) is 61.9 Å². The summed E-state index contributed by atoms with van der Waals surface area (Å²) >= 11 is 0. The molecule has 0 saturated carbocycles. The molecule has 4 heterocycles.